The molecule has 3 aromatic rings. The van der Waals surface area contributed by atoms with Gasteiger partial charge in [0.1, 0.15) is 23.5 Å². The lowest BCUT2D eigenvalue weighted by Gasteiger charge is -2.10. The normalized spacial score (nSPS) is 10.0. The molecule has 0 aliphatic carbocycles. The largest absolute Gasteiger partial charge is 0.268 e. The quantitative estimate of drug-likeness (QED) is 0.728. The van der Waals surface area contributed by atoms with Gasteiger partial charge in [-0.1, -0.05) is 30.3 Å². The second-order valence-electron chi connectivity index (χ2n) is 5.08. The second-order valence-corrected chi connectivity index (χ2v) is 5.08. The van der Waals surface area contributed by atoms with E-state index in [2.05, 4.69) is 15.1 Å². The third kappa shape index (κ3) is 2.99. The SMILES string of the molecule is CCn1nc(-c2nc(C#N)c(C#N)nc2-c2ccccc2)ccc1=O. The molecule has 0 amide bonds. The number of aromatic nitrogens is 4. The second kappa shape index (κ2) is 6.73. The average molecular weight is 328 g/mol. The molecule has 0 unspecified atom stereocenters. The van der Waals surface area contributed by atoms with Gasteiger partial charge in [-0.25, -0.2) is 14.6 Å². The van der Waals surface area contributed by atoms with E-state index in [0.717, 1.165) is 5.56 Å². The van der Waals surface area contributed by atoms with E-state index >= 15 is 0 Å². The molecule has 2 aromatic heterocycles. The van der Waals surface area contributed by atoms with E-state index in [9.17, 15) is 15.3 Å². The topological polar surface area (TPSA) is 108 Å². The maximum absolute atomic E-state index is 11.8. The predicted octanol–water partition coefficient (Wildman–Crippen LogP) is 2.13. The molecule has 0 aliphatic rings. The van der Waals surface area contributed by atoms with Gasteiger partial charge in [-0.2, -0.15) is 15.6 Å². The van der Waals surface area contributed by atoms with Crippen LogP contribution in [0.4, 0.5) is 0 Å². The van der Waals surface area contributed by atoms with Crippen LogP contribution in [0, 0.1) is 22.7 Å². The summed E-state index contributed by atoms with van der Waals surface area (Å²) in [7, 11) is 0. The average Bonchev–Trinajstić information content (AvgIpc) is 2.68. The van der Waals surface area contributed by atoms with Gasteiger partial charge in [-0.05, 0) is 13.0 Å². The molecule has 0 aliphatic heterocycles. The number of benzene rings is 1. The summed E-state index contributed by atoms with van der Waals surface area (Å²) >= 11 is 0. The number of nitriles is 2. The lowest BCUT2D eigenvalue weighted by Crippen LogP contribution is -2.21. The Labute approximate surface area is 143 Å². The van der Waals surface area contributed by atoms with Crippen LogP contribution in [-0.4, -0.2) is 19.7 Å². The molecule has 1 aromatic carbocycles. The molecular formula is C18H12N6O. The minimum Gasteiger partial charge on any atom is -0.268 e. The Morgan fingerprint density at radius 1 is 0.960 bits per heavy atom. The molecule has 0 saturated heterocycles. The number of hydrogen-bond donors (Lipinski definition) is 0. The molecule has 0 radical (unpaired) electrons. The van der Waals surface area contributed by atoms with Crippen LogP contribution in [0.2, 0.25) is 0 Å². The molecule has 2 heterocycles. The first-order chi connectivity index (χ1) is 12.2. The smallest absolute Gasteiger partial charge is 0.266 e. The van der Waals surface area contributed by atoms with E-state index in [-0.39, 0.29) is 16.9 Å². The fourth-order valence-electron chi connectivity index (χ4n) is 2.37. The van der Waals surface area contributed by atoms with Crippen LogP contribution in [0.5, 0.6) is 0 Å². The first-order valence-corrected chi connectivity index (χ1v) is 7.54. The Bertz CT molecular complexity index is 1070. The molecule has 3 rings (SSSR count). The van der Waals surface area contributed by atoms with Gasteiger partial charge in [0.05, 0.1) is 5.69 Å². The van der Waals surface area contributed by atoms with Gasteiger partial charge in [0.15, 0.2) is 11.4 Å². The maximum atomic E-state index is 11.8. The van der Waals surface area contributed by atoms with Gasteiger partial charge in [0, 0.05) is 18.2 Å². The first kappa shape index (κ1) is 16.0. The summed E-state index contributed by atoms with van der Waals surface area (Å²) in [6.45, 7) is 2.21. The van der Waals surface area contributed by atoms with Crippen molar-refractivity contribution in [1.82, 2.24) is 19.7 Å². The predicted molar refractivity (Wildman–Crippen MR) is 90.1 cm³/mol. The van der Waals surface area contributed by atoms with E-state index in [4.69, 9.17) is 0 Å². The summed E-state index contributed by atoms with van der Waals surface area (Å²) in [5, 5.41) is 22.8. The van der Waals surface area contributed by atoms with E-state index in [0.29, 0.717) is 23.6 Å². The third-order valence-electron chi connectivity index (χ3n) is 3.56. The van der Waals surface area contributed by atoms with Crippen molar-refractivity contribution in [1.29, 1.82) is 10.5 Å². The highest BCUT2D eigenvalue weighted by molar-refractivity contribution is 5.76. The van der Waals surface area contributed by atoms with Crippen LogP contribution in [-0.2, 0) is 6.54 Å². The van der Waals surface area contributed by atoms with Crippen LogP contribution in [0.15, 0.2) is 47.3 Å². The standard InChI is InChI=1S/C18H12N6O/c1-2-24-16(25)9-8-13(23-24)18-17(12-6-4-3-5-7-12)21-14(10-19)15(11-20)22-18/h3-9H,2H2,1H3. The number of hydrogen-bond acceptors (Lipinski definition) is 6. The fraction of sp³-hybridized carbons (Fsp3) is 0.111. The monoisotopic (exact) mass is 328 g/mol. The van der Waals surface area contributed by atoms with Gasteiger partial charge in [-0.3, -0.25) is 4.79 Å². The van der Waals surface area contributed by atoms with Crippen LogP contribution in [0.3, 0.4) is 0 Å². The fourth-order valence-corrected chi connectivity index (χ4v) is 2.37. The van der Waals surface area contributed by atoms with Crippen molar-refractivity contribution < 1.29 is 0 Å². The summed E-state index contributed by atoms with van der Waals surface area (Å²) < 4.78 is 1.30. The summed E-state index contributed by atoms with van der Waals surface area (Å²) in [6.07, 6.45) is 0. The Morgan fingerprint density at radius 2 is 1.60 bits per heavy atom. The highest BCUT2D eigenvalue weighted by Crippen LogP contribution is 2.28. The Balaban J connectivity index is 2.34. The lowest BCUT2D eigenvalue weighted by atomic mass is 10.1. The van der Waals surface area contributed by atoms with Gasteiger partial charge in [-0.15, -0.1) is 0 Å². The minimum atomic E-state index is -0.227. The molecule has 0 fully saturated rings. The summed E-state index contributed by atoms with van der Waals surface area (Å²) in [4.78, 5) is 20.4. The van der Waals surface area contributed by atoms with Crippen molar-refractivity contribution in [3.8, 4) is 34.8 Å². The first-order valence-electron chi connectivity index (χ1n) is 7.54. The summed E-state index contributed by atoms with van der Waals surface area (Å²) in [5.74, 6) is 0. The van der Waals surface area contributed by atoms with Gasteiger partial charge < -0.3 is 0 Å². The van der Waals surface area contributed by atoms with Crippen molar-refractivity contribution in [3.63, 3.8) is 0 Å². The van der Waals surface area contributed by atoms with E-state index in [1.54, 1.807) is 6.92 Å². The van der Waals surface area contributed by atoms with Crippen LogP contribution in [0.25, 0.3) is 22.6 Å². The molecule has 25 heavy (non-hydrogen) atoms. The summed E-state index contributed by atoms with van der Waals surface area (Å²) in [5.41, 5.74) is 1.58. The van der Waals surface area contributed by atoms with Crippen molar-refractivity contribution in [3.05, 3.63) is 64.2 Å². The zero-order valence-electron chi connectivity index (χ0n) is 13.3. The molecule has 7 nitrogen and oxygen atoms in total. The van der Waals surface area contributed by atoms with E-state index in [1.165, 1.54) is 16.8 Å². The number of nitrogens with zero attached hydrogens (tertiary/aromatic N) is 6. The van der Waals surface area contributed by atoms with E-state index < -0.39 is 0 Å². The molecule has 0 bridgehead atoms. The Hall–Kier alpha value is -3.84. The highest BCUT2D eigenvalue weighted by Gasteiger charge is 2.18. The molecule has 0 atom stereocenters. The van der Waals surface area contributed by atoms with Gasteiger partial charge in [0.25, 0.3) is 5.56 Å². The molecule has 0 spiro atoms. The third-order valence-corrected chi connectivity index (χ3v) is 3.56. The van der Waals surface area contributed by atoms with E-state index in [1.807, 2.05) is 42.5 Å². The van der Waals surface area contributed by atoms with Crippen LogP contribution >= 0.6 is 0 Å². The Kier molecular flexibility index (Phi) is 4.32. The number of aryl methyl sites for hydroxylation is 1. The molecular weight excluding hydrogens is 316 g/mol. The van der Waals surface area contributed by atoms with Gasteiger partial charge >= 0.3 is 0 Å². The molecule has 120 valence electrons. The molecule has 7 heteroatoms. The van der Waals surface area contributed by atoms with Crippen molar-refractivity contribution in [2.24, 2.45) is 0 Å². The summed E-state index contributed by atoms with van der Waals surface area (Å²) in [6, 6.07) is 15.9. The van der Waals surface area contributed by atoms with Crippen LogP contribution in [0.1, 0.15) is 18.3 Å². The zero-order chi connectivity index (χ0) is 17.8. The van der Waals surface area contributed by atoms with Gasteiger partial charge in [0.2, 0.25) is 0 Å². The van der Waals surface area contributed by atoms with Crippen molar-refractivity contribution >= 4 is 0 Å². The Morgan fingerprint density at radius 3 is 2.20 bits per heavy atom. The minimum absolute atomic E-state index is 0.0473. The highest BCUT2D eigenvalue weighted by atomic mass is 16.1. The molecule has 0 saturated carbocycles. The lowest BCUT2D eigenvalue weighted by molar-refractivity contribution is 0.618. The maximum Gasteiger partial charge on any atom is 0.266 e. The van der Waals surface area contributed by atoms with Crippen LogP contribution < -0.4 is 5.56 Å². The zero-order valence-corrected chi connectivity index (χ0v) is 13.3. The molecule has 0 N–H and O–H groups in total. The van der Waals surface area contributed by atoms with Crippen molar-refractivity contribution in [2.45, 2.75) is 13.5 Å². The number of rotatable bonds is 3. The van der Waals surface area contributed by atoms with Crippen molar-refractivity contribution in [2.75, 3.05) is 0 Å².